The molecule has 126 valence electrons. The number of carboxylic acid groups (broad SMARTS) is 1. The van der Waals surface area contributed by atoms with E-state index in [4.69, 9.17) is 5.11 Å². The van der Waals surface area contributed by atoms with Crippen LogP contribution in [0.3, 0.4) is 0 Å². The minimum Gasteiger partial charge on any atom is -0.481 e. The Balaban J connectivity index is 2.01. The van der Waals surface area contributed by atoms with Gasteiger partial charge in [0, 0.05) is 29.6 Å². The number of rotatable bonds is 6. The first kappa shape index (κ1) is 17.6. The molecule has 2 N–H and O–H groups in total. The number of aliphatic carboxylic acids is 1. The number of carbonyl (C=O) groups excluding carboxylic acids is 1. The molecule has 0 unspecified atom stereocenters. The molecule has 24 heavy (non-hydrogen) atoms. The lowest BCUT2D eigenvalue weighted by Crippen LogP contribution is -2.24. The van der Waals surface area contributed by atoms with Gasteiger partial charge in [-0.2, -0.15) is 0 Å². The first-order valence-corrected chi connectivity index (χ1v) is 7.67. The van der Waals surface area contributed by atoms with E-state index in [0.29, 0.717) is 11.5 Å². The second-order valence-corrected chi connectivity index (χ2v) is 6.56. The summed E-state index contributed by atoms with van der Waals surface area (Å²) < 4.78 is 0. The normalized spacial score (nSPS) is 11.1. The fourth-order valence-corrected chi connectivity index (χ4v) is 2.40. The van der Waals surface area contributed by atoms with Crippen molar-refractivity contribution >= 4 is 17.6 Å². The van der Waals surface area contributed by atoms with Gasteiger partial charge in [-0.15, -0.1) is 0 Å². The summed E-state index contributed by atoms with van der Waals surface area (Å²) in [4.78, 5) is 31.5. The average molecular weight is 327 g/mol. The minimum atomic E-state index is -0.907. The van der Waals surface area contributed by atoms with Gasteiger partial charge in [-0.1, -0.05) is 13.8 Å². The van der Waals surface area contributed by atoms with Crippen LogP contribution in [-0.4, -0.2) is 27.0 Å². The molecular weight excluding hydrogens is 306 g/mol. The number of carboxylic acids is 1. The average Bonchev–Trinajstić information content (AvgIpc) is 2.45. The van der Waals surface area contributed by atoms with Crippen molar-refractivity contribution in [3.8, 4) is 11.4 Å². The third-order valence-electron chi connectivity index (χ3n) is 3.49. The van der Waals surface area contributed by atoms with Crippen LogP contribution in [-0.2, 0) is 9.59 Å². The van der Waals surface area contributed by atoms with Gasteiger partial charge in [0.1, 0.15) is 0 Å². The van der Waals surface area contributed by atoms with Gasteiger partial charge >= 0.3 is 5.97 Å². The van der Waals surface area contributed by atoms with Crippen molar-refractivity contribution in [3.05, 3.63) is 42.2 Å². The molecule has 0 radical (unpaired) electrons. The smallest absolute Gasteiger partial charge is 0.303 e. The molecule has 2 aromatic rings. The van der Waals surface area contributed by atoms with Gasteiger partial charge in [0.25, 0.3) is 0 Å². The quantitative estimate of drug-likeness (QED) is 0.849. The molecule has 0 saturated carbocycles. The molecule has 6 heteroatoms. The van der Waals surface area contributed by atoms with Crippen LogP contribution < -0.4 is 5.32 Å². The highest BCUT2D eigenvalue weighted by Crippen LogP contribution is 2.26. The number of benzene rings is 1. The van der Waals surface area contributed by atoms with Gasteiger partial charge in [-0.05, 0) is 42.7 Å². The molecular formula is C18H21N3O3. The van der Waals surface area contributed by atoms with Crippen LogP contribution in [0.5, 0.6) is 0 Å². The van der Waals surface area contributed by atoms with Crippen LogP contribution in [0.1, 0.15) is 32.4 Å². The van der Waals surface area contributed by atoms with Gasteiger partial charge in [0.05, 0.1) is 6.42 Å². The van der Waals surface area contributed by atoms with Gasteiger partial charge in [0.15, 0.2) is 5.82 Å². The van der Waals surface area contributed by atoms with Crippen molar-refractivity contribution in [1.82, 2.24) is 9.97 Å². The molecule has 0 bridgehead atoms. The second-order valence-electron chi connectivity index (χ2n) is 6.56. The zero-order valence-corrected chi connectivity index (χ0v) is 14.0. The van der Waals surface area contributed by atoms with E-state index in [1.807, 2.05) is 25.1 Å². The molecule has 0 fully saturated rings. The van der Waals surface area contributed by atoms with Crippen LogP contribution in [0.2, 0.25) is 0 Å². The number of carbonyl (C=O) groups is 2. The van der Waals surface area contributed by atoms with Gasteiger partial charge in [-0.3, -0.25) is 9.59 Å². The number of anilines is 1. The molecule has 1 aromatic carbocycles. The van der Waals surface area contributed by atoms with Gasteiger partial charge in [0.2, 0.25) is 5.91 Å². The minimum absolute atomic E-state index is 0.0515. The second kappa shape index (κ2) is 7.21. The Morgan fingerprint density at radius 3 is 2.38 bits per heavy atom. The van der Waals surface area contributed by atoms with Crippen LogP contribution in [0, 0.1) is 12.3 Å². The van der Waals surface area contributed by atoms with E-state index in [1.165, 1.54) is 0 Å². The van der Waals surface area contributed by atoms with Crippen molar-refractivity contribution in [2.75, 3.05) is 5.32 Å². The highest BCUT2D eigenvalue weighted by Gasteiger charge is 2.25. The number of amides is 1. The number of nitrogens with one attached hydrogen (secondary N) is 1. The molecule has 0 aliphatic carbocycles. The summed E-state index contributed by atoms with van der Waals surface area (Å²) in [5, 5.41) is 11.7. The Labute approximate surface area is 141 Å². The van der Waals surface area contributed by atoms with E-state index < -0.39 is 11.4 Å². The zero-order chi connectivity index (χ0) is 17.7. The zero-order valence-electron chi connectivity index (χ0n) is 14.0. The first-order chi connectivity index (χ1) is 11.2. The predicted octanol–water partition coefficient (Wildman–Crippen LogP) is 3.28. The third kappa shape index (κ3) is 5.15. The first-order valence-electron chi connectivity index (χ1n) is 7.67. The maximum atomic E-state index is 12.1. The Morgan fingerprint density at radius 1 is 1.12 bits per heavy atom. The summed E-state index contributed by atoms with van der Waals surface area (Å²) in [6.07, 6.45) is 1.80. The monoisotopic (exact) mass is 327 g/mol. The molecule has 0 spiro atoms. The van der Waals surface area contributed by atoms with E-state index in [0.717, 1.165) is 11.3 Å². The van der Waals surface area contributed by atoms with E-state index >= 15 is 0 Å². The van der Waals surface area contributed by atoms with Crippen molar-refractivity contribution in [2.45, 2.75) is 33.6 Å². The van der Waals surface area contributed by atoms with E-state index in [2.05, 4.69) is 15.3 Å². The molecule has 0 saturated heterocycles. The molecule has 1 aromatic heterocycles. The fourth-order valence-electron chi connectivity index (χ4n) is 2.40. The Kier molecular flexibility index (Phi) is 5.28. The van der Waals surface area contributed by atoms with Crippen molar-refractivity contribution < 1.29 is 14.7 Å². The molecule has 0 aliphatic heterocycles. The molecule has 0 aliphatic rings. The SMILES string of the molecule is Cc1ccnc(-c2ccc(NC(=O)CC(C)(C)CC(=O)O)cc2)n1. The topological polar surface area (TPSA) is 92.2 Å². The fraction of sp³-hybridized carbons (Fsp3) is 0.333. The lowest BCUT2D eigenvalue weighted by atomic mass is 9.85. The number of hydrogen-bond donors (Lipinski definition) is 2. The lowest BCUT2D eigenvalue weighted by molar-refractivity contribution is -0.139. The highest BCUT2D eigenvalue weighted by molar-refractivity contribution is 5.91. The van der Waals surface area contributed by atoms with Gasteiger partial charge in [-0.25, -0.2) is 9.97 Å². The predicted molar refractivity (Wildman–Crippen MR) is 91.5 cm³/mol. The maximum absolute atomic E-state index is 12.1. The third-order valence-corrected chi connectivity index (χ3v) is 3.49. The van der Waals surface area contributed by atoms with E-state index in [9.17, 15) is 9.59 Å². The lowest BCUT2D eigenvalue weighted by Gasteiger charge is -2.21. The Morgan fingerprint density at radius 2 is 1.79 bits per heavy atom. The summed E-state index contributed by atoms with van der Waals surface area (Å²) in [5.41, 5.74) is 1.81. The standard InChI is InChI=1S/C18H21N3O3/c1-12-8-9-19-17(20-12)13-4-6-14(7-5-13)21-15(22)10-18(2,3)11-16(23)24/h4-9H,10-11H2,1-3H3,(H,21,22)(H,23,24). The summed E-state index contributed by atoms with van der Waals surface area (Å²) in [7, 11) is 0. The molecule has 6 nitrogen and oxygen atoms in total. The number of aromatic nitrogens is 2. The molecule has 1 amide bonds. The largest absolute Gasteiger partial charge is 0.481 e. The molecule has 2 rings (SSSR count). The summed E-state index contributed by atoms with van der Waals surface area (Å²) >= 11 is 0. The van der Waals surface area contributed by atoms with E-state index in [1.54, 1.807) is 32.2 Å². The maximum Gasteiger partial charge on any atom is 0.303 e. The summed E-state index contributed by atoms with van der Waals surface area (Å²) in [6.45, 7) is 5.43. The van der Waals surface area contributed by atoms with Crippen molar-refractivity contribution in [2.24, 2.45) is 5.41 Å². The van der Waals surface area contributed by atoms with Crippen LogP contribution >= 0.6 is 0 Å². The summed E-state index contributed by atoms with van der Waals surface area (Å²) in [6, 6.07) is 9.07. The Bertz CT molecular complexity index is 739. The van der Waals surface area contributed by atoms with Crippen LogP contribution in [0.25, 0.3) is 11.4 Å². The van der Waals surface area contributed by atoms with Crippen molar-refractivity contribution in [1.29, 1.82) is 0 Å². The molecule has 0 atom stereocenters. The van der Waals surface area contributed by atoms with Crippen LogP contribution in [0.15, 0.2) is 36.5 Å². The molecule has 1 heterocycles. The Hall–Kier alpha value is -2.76. The number of aryl methyl sites for hydroxylation is 1. The van der Waals surface area contributed by atoms with E-state index in [-0.39, 0.29) is 18.7 Å². The summed E-state index contributed by atoms with van der Waals surface area (Å²) in [5.74, 6) is -0.480. The van der Waals surface area contributed by atoms with Crippen LogP contribution in [0.4, 0.5) is 5.69 Å². The number of nitrogens with zero attached hydrogens (tertiary/aromatic N) is 2. The highest BCUT2D eigenvalue weighted by atomic mass is 16.4. The van der Waals surface area contributed by atoms with Crippen molar-refractivity contribution in [3.63, 3.8) is 0 Å². The number of hydrogen-bond acceptors (Lipinski definition) is 4. The van der Waals surface area contributed by atoms with Gasteiger partial charge < -0.3 is 10.4 Å².